The summed E-state index contributed by atoms with van der Waals surface area (Å²) >= 11 is 3.52. The van der Waals surface area contributed by atoms with Crippen LogP contribution in [0.25, 0.3) is 0 Å². The van der Waals surface area contributed by atoms with Gasteiger partial charge in [0.15, 0.2) is 0 Å². The van der Waals surface area contributed by atoms with E-state index in [0.29, 0.717) is 13.0 Å². The third-order valence-corrected chi connectivity index (χ3v) is 4.24. The van der Waals surface area contributed by atoms with Crippen LogP contribution >= 0.6 is 15.9 Å². The minimum absolute atomic E-state index is 0.473. The van der Waals surface area contributed by atoms with E-state index < -0.39 is 11.5 Å². The van der Waals surface area contributed by atoms with Crippen LogP contribution in [0, 0.1) is 0 Å². The molecular weight excluding hydrogens is 298 g/mol. The van der Waals surface area contributed by atoms with Crippen LogP contribution < -0.4 is 5.32 Å². The third kappa shape index (κ3) is 2.92. The molecule has 1 aromatic rings. The molecule has 0 aliphatic heterocycles. The molecule has 0 radical (unpaired) electrons. The molecule has 1 aromatic heterocycles. The van der Waals surface area contributed by atoms with Crippen LogP contribution in [0.1, 0.15) is 38.6 Å². The largest absolute Gasteiger partial charge is 0.480 e. The van der Waals surface area contributed by atoms with Gasteiger partial charge in [0.25, 0.3) is 0 Å². The Morgan fingerprint density at radius 1 is 1.56 bits per heavy atom. The summed E-state index contributed by atoms with van der Waals surface area (Å²) in [5.74, 6) is -0.834. The van der Waals surface area contributed by atoms with Gasteiger partial charge in [-0.2, -0.15) is 5.10 Å². The van der Waals surface area contributed by atoms with Gasteiger partial charge in [-0.25, -0.2) is 0 Å². The monoisotopic (exact) mass is 317 g/mol. The average Bonchev–Trinajstić information content (AvgIpc) is 2.61. The Morgan fingerprint density at radius 2 is 2.17 bits per heavy atom. The maximum atomic E-state index is 11.2. The number of halogens is 1. The minimum Gasteiger partial charge on any atom is -0.480 e. The van der Waals surface area contributed by atoms with E-state index in [1.165, 1.54) is 0 Å². The molecule has 0 saturated carbocycles. The molecule has 0 aliphatic carbocycles. The number of aromatic nitrogens is 2. The molecule has 1 unspecified atom stereocenters. The van der Waals surface area contributed by atoms with Gasteiger partial charge in [0, 0.05) is 13.6 Å². The molecule has 1 atom stereocenters. The van der Waals surface area contributed by atoms with Crippen molar-refractivity contribution in [2.75, 3.05) is 0 Å². The Kier molecular flexibility index (Phi) is 4.92. The summed E-state index contributed by atoms with van der Waals surface area (Å²) in [7, 11) is 1.87. The van der Waals surface area contributed by atoms with Crippen LogP contribution in [0.3, 0.4) is 0 Å². The second-order valence-electron chi connectivity index (χ2n) is 4.53. The Morgan fingerprint density at radius 3 is 2.56 bits per heavy atom. The fraction of sp³-hybridized carbons (Fsp3) is 0.667. The summed E-state index contributed by atoms with van der Waals surface area (Å²) in [6, 6.07) is 0. The molecule has 0 fully saturated rings. The second kappa shape index (κ2) is 5.84. The molecule has 18 heavy (non-hydrogen) atoms. The number of rotatable bonds is 6. The molecule has 5 nitrogen and oxygen atoms in total. The van der Waals surface area contributed by atoms with Crippen molar-refractivity contribution in [2.45, 2.75) is 45.7 Å². The van der Waals surface area contributed by atoms with Gasteiger partial charge in [-0.05, 0) is 35.7 Å². The number of carbonyl (C=O) groups is 1. The van der Waals surface area contributed by atoms with E-state index in [1.54, 1.807) is 11.6 Å². The summed E-state index contributed by atoms with van der Waals surface area (Å²) in [5, 5.41) is 16.7. The zero-order chi connectivity index (χ0) is 13.9. The molecule has 0 spiro atoms. The number of hydrogen-bond donors (Lipinski definition) is 2. The Bertz CT molecular complexity index is 445. The molecule has 102 valence electrons. The van der Waals surface area contributed by atoms with Gasteiger partial charge in [0.05, 0.1) is 15.9 Å². The molecule has 2 N–H and O–H groups in total. The normalized spacial score (nSPS) is 14.5. The van der Waals surface area contributed by atoms with E-state index in [1.807, 2.05) is 20.9 Å². The highest BCUT2D eigenvalue weighted by atomic mass is 79.9. The van der Waals surface area contributed by atoms with Crippen molar-refractivity contribution >= 4 is 21.9 Å². The van der Waals surface area contributed by atoms with E-state index in [0.717, 1.165) is 22.3 Å². The fourth-order valence-corrected chi connectivity index (χ4v) is 2.40. The molecule has 0 aliphatic rings. The van der Waals surface area contributed by atoms with Crippen molar-refractivity contribution in [3.05, 3.63) is 15.9 Å². The van der Waals surface area contributed by atoms with Crippen LogP contribution in [0.4, 0.5) is 0 Å². The first-order valence-electron chi connectivity index (χ1n) is 6.04. The molecule has 6 heteroatoms. The number of carboxylic acid groups (broad SMARTS) is 1. The molecule has 0 bridgehead atoms. The average molecular weight is 318 g/mol. The zero-order valence-electron chi connectivity index (χ0n) is 11.2. The zero-order valence-corrected chi connectivity index (χ0v) is 12.8. The van der Waals surface area contributed by atoms with Crippen molar-refractivity contribution in [2.24, 2.45) is 7.05 Å². The molecule has 0 aromatic carbocycles. The molecular formula is C12H20BrN3O2. The summed E-state index contributed by atoms with van der Waals surface area (Å²) in [6.45, 7) is 6.07. The van der Waals surface area contributed by atoms with Gasteiger partial charge in [0.2, 0.25) is 0 Å². The van der Waals surface area contributed by atoms with E-state index in [2.05, 4.69) is 26.3 Å². The first-order valence-corrected chi connectivity index (χ1v) is 6.83. The Labute approximate surface area is 116 Å². The maximum Gasteiger partial charge on any atom is 0.323 e. The van der Waals surface area contributed by atoms with Crippen LogP contribution in [0.15, 0.2) is 4.47 Å². The van der Waals surface area contributed by atoms with Gasteiger partial charge >= 0.3 is 5.97 Å². The van der Waals surface area contributed by atoms with Crippen LogP contribution in [-0.4, -0.2) is 26.4 Å². The SMILES string of the molecule is CCc1nn(C)c(CNC(C)(CC)C(=O)O)c1Br. The van der Waals surface area contributed by atoms with Gasteiger partial charge in [0.1, 0.15) is 5.54 Å². The van der Waals surface area contributed by atoms with E-state index in [-0.39, 0.29) is 0 Å². The van der Waals surface area contributed by atoms with Crippen LogP contribution in [0.5, 0.6) is 0 Å². The highest BCUT2D eigenvalue weighted by molar-refractivity contribution is 9.10. The van der Waals surface area contributed by atoms with Crippen molar-refractivity contribution in [3.8, 4) is 0 Å². The summed E-state index contributed by atoms with van der Waals surface area (Å²) < 4.78 is 2.75. The van der Waals surface area contributed by atoms with Crippen LogP contribution in [-0.2, 0) is 24.8 Å². The van der Waals surface area contributed by atoms with Crippen molar-refractivity contribution in [1.82, 2.24) is 15.1 Å². The fourth-order valence-electron chi connectivity index (χ4n) is 1.64. The number of carboxylic acids is 1. The van der Waals surface area contributed by atoms with Crippen molar-refractivity contribution in [3.63, 3.8) is 0 Å². The lowest BCUT2D eigenvalue weighted by atomic mass is 9.99. The van der Waals surface area contributed by atoms with Crippen molar-refractivity contribution in [1.29, 1.82) is 0 Å². The second-order valence-corrected chi connectivity index (χ2v) is 5.32. The lowest BCUT2D eigenvalue weighted by Crippen LogP contribution is -2.48. The molecule has 0 saturated heterocycles. The smallest absolute Gasteiger partial charge is 0.323 e. The molecule has 0 amide bonds. The maximum absolute atomic E-state index is 11.2. The quantitative estimate of drug-likeness (QED) is 0.843. The highest BCUT2D eigenvalue weighted by Gasteiger charge is 2.30. The lowest BCUT2D eigenvalue weighted by Gasteiger charge is -2.24. The van der Waals surface area contributed by atoms with E-state index in [4.69, 9.17) is 0 Å². The number of nitrogens with one attached hydrogen (secondary N) is 1. The summed E-state index contributed by atoms with van der Waals surface area (Å²) in [4.78, 5) is 11.2. The first-order chi connectivity index (χ1) is 8.35. The number of aliphatic carboxylic acids is 1. The predicted molar refractivity (Wildman–Crippen MR) is 73.5 cm³/mol. The van der Waals surface area contributed by atoms with Gasteiger partial charge in [-0.15, -0.1) is 0 Å². The van der Waals surface area contributed by atoms with Gasteiger partial charge in [-0.3, -0.25) is 14.8 Å². The third-order valence-electron chi connectivity index (χ3n) is 3.33. The van der Waals surface area contributed by atoms with Gasteiger partial charge in [-0.1, -0.05) is 13.8 Å². The van der Waals surface area contributed by atoms with Gasteiger partial charge < -0.3 is 5.11 Å². The van der Waals surface area contributed by atoms with E-state index in [9.17, 15) is 9.90 Å². The topological polar surface area (TPSA) is 67.2 Å². The van der Waals surface area contributed by atoms with E-state index >= 15 is 0 Å². The Hall–Kier alpha value is -0.880. The first kappa shape index (κ1) is 15.2. The number of nitrogens with zero attached hydrogens (tertiary/aromatic N) is 2. The molecule has 1 heterocycles. The number of hydrogen-bond acceptors (Lipinski definition) is 3. The Balaban J connectivity index is 2.86. The predicted octanol–water partition coefficient (Wildman–Crippen LogP) is 2.09. The standard InChI is InChI=1S/C12H20BrN3O2/c1-5-8-10(13)9(16(4)15-8)7-14-12(3,6-2)11(17)18/h14H,5-7H2,1-4H3,(H,17,18). The van der Waals surface area contributed by atoms with Crippen LogP contribution in [0.2, 0.25) is 0 Å². The summed E-state index contributed by atoms with van der Waals surface area (Å²) in [6.07, 6.45) is 1.37. The highest BCUT2D eigenvalue weighted by Crippen LogP contribution is 2.22. The minimum atomic E-state index is -0.907. The number of aryl methyl sites for hydroxylation is 2. The lowest BCUT2D eigenvalue weighted by molar-refractivity contribution is -0.144. The molecule has 1 rings (SSSR count). The van der Waals surface area contributed by atoms with Crippen molar-refractivity contribution < 1.29 is 9.90 Å². The summed E-state index contributed by atoms with van der Waals surface area (Å²) in [5.41, 5.74) is 1.05.